The van der Waals surface area contributed by atoms with Gasteiger partial charge in [0, 0.05) is 12.8 Å². The predicted molar refractivity (Wildman–Crippen MR) is 45.9 cm³/mol. The maximum absolute atomic E-state index is 11.5. The quantitative estimate of drug-likeness (QED) is 0.435. The van der Waals surface area contributed by atoms with E-state index in [4.69, 9.17) is 0 Å². The van der Waals surface area contributed by atoms with Crippen molar-refractivity contribution in [2.45, 2.75) is 25.7 Å². The fourth-order valence-corrected chi connectivity index (χ4v) is 0.746. The molecule has 0 saturated carbocycles. The fraction of sp³-hybridized carbons (Fsp3) is 0.667. The molecule has 0 bridgehead atoms. The molecule has 76 valence electrons. The van der Waals surface area contributed by atoms with E-state index in [2.05, 4.69) is 11.3 Å². The van der Waals surface area contributed by atoms with E-state index in [1.807, 2.05) is 0 Å². The molecule has 0 unspecified atom stereocenters. The highest BCUT2D eigenvalue weighted by Crippen LogP contribution is 1.98. The molecule has 0 aliphatic rings. The van der Waals surface area contributed by atoms with Crippen LogP contribution in [-0.2, 0) is 9.53 Å². The molecule has 0 atom stereocenters. The highest BCUT2D eigenvalue weighted by molar-refractivity contribution is 5.78. The summed E-state index contributed by atoms with van der Waals surface area (Å²) >= 11 is 0. The third-order valence-electron chi connectivity index (χ3n) is 1.40. The van der Waals surface area contributed by atoms with Crippen molar-refractivity contribution in [1.82, 2.24) is 0 Å². The third-order valence-corrected chi connectivity index (χ3v) is 1.40. The van der Waals surface area contributed by atoms with Crippen molar-refractivity contribution >= 4 is 5.78 Å². The maximum Gasteiger partial charge on any atom is 0.261 e. The summed E-state index contributed by atoms with van der Waals surface area (Å²) in [6.07, 6.45) is 0.455. The number of ketones is 1. The zero-order valence-corrected chi connectivity index (χ0v) is 7.47. The number of halogens is 2. The smallest absolute Gasteiger partial charge is 0.261 e. The van der Waals surface area contributed by atoms with E-state index in [1.165, 1.54) is 0 Å². The first-order chi connectivity index (χ1) is 6.16. The van der Waals surface area contributed by atoms with Crippen LogP contribution in [0.15, 0.2) is 12.7 Å². The van der Waals surface area contributed by atoms with Crippen molar-refractivity contribution in [2.75, 3.05) is 13.2 Å². The van der Waals surface area contributed by atoms with Gasteiger partial charge in [-0.15, -0.1) is 6.58 Å². The highest BCUT2D eigenvalue weighted by Gasteiger charge is 2.03. The predicted octanol–water partition coefficient (Wildman–Crippen LogP) is 2.19. The molecule has 4 heteroatoms. The molecule has 0 radical (unpaired) electrons. The molecule has 0 aromatic carbocycles. The number of carbonyl (C=O) groups excluding carboxylic acids is 1. The first-order valence-electron chi connectivity index (χ1n) is 4.15. The van der Waals surface area contributed by atoms with Crippen LogP contribution in [0.4, 0.5) is 8.78 Å². The lowest BCUT2D eigenvalue weighted by Gasteiger charge is -2.01. The first kappa shape index (κ1) is 12.2. The Labute approximate surface area is 76.6 Å². The fourth-order valence-electron chi connectivity index (χ4n) is 0.746. The Balaban J connectivity index is 3.21. The zero-order valence-electron chi connectivity index (χ0n) is 7.47. The summed E-state index contributed by atoms with van der Waals surface area (Å²) in [5, 5.41) is 0. The van der Waals surface area contributed by atoms with Gasteiger partial charge in [-0.2, -0.15) is 0 Å². The first-order valence-corrected chi connectivity index (χ1v) is 4.15. The third kappa shape index (κ3) is 9.14. The Bertz CT molecular complexity index is 158. The number of alkyl halides is 2. The molecule has 0 aliphatic heterocycles. The van der Waals surface area contributed by atoms with E-state index < -0.39 is 13.0 Å². The largest absolute Gasteiger partial charge is 0.375 e. The van der Waals surface area contributed by atoms with E-state index in [-0.39, 0.29) is 18.8 Å². The van der Waals surface area contributed by atoms with Gasteiger partial charge in [-0.3, -0.25) is 4.79 Å². The maximum atomic E-state index is 11.5. The summed E-state index contributed by atoms with van der Waals surface area (Å²) in [5.74, 6) is 0.0224. The molecule has 13 heavy (non-hydrogen) atoms. The van der Waals surface area contributed by atoms with Gasteiger partial charge in [0.15, 0.2) is 0 Å². The van der Waals surface area contributed by atoms with E-state index in [0.717, 1.165) is 0 Å². The van der Waals surface area contributed by atoms with Gasteiger partial charge in [0.1, 0.15) is 12.4 Å². The van der Waals surface area contributed by atoms with E-state index in [9.17, 15) is 13.6 Å². The lowest BCUT2D eigenvalue weighted by molar-refractivity contribution is -0.120. The van der Waals surface area contributed by atoms with Crippen LogP contribution < -0.4 is 0 Å². The average Bonchev–Trinajstić information content (AvgIpc) is 2.08. The van der Waals surface area contributed by atoms with Gasteiger partial charge in [-0.05, 0) is 6.42 Å². The molecule has 2 nitrogen and oxygen atoms in total. The number of hydrogen-bond donors (Lipinski definition) is 0. The van der Waals surface area contributed by atoms with Crippen molar-refractivity contribution in [3.63, 3.8) is 0 Å². The molecule has 0 amide bonds. The van der Waals surface area contributed by atoms with Gasteiger partial charge in [-0.1, -0.05) is 6.08 Å². The molecule has 0 aromatic rings. The van der Waals surface area contributed by atoms with Gasteiger partial charge in [0.2, 0.25) is 0 Å². The van der Waals surface area contributed by atoms with Crippen LogP contribution in [0.2, 0.25) is 0 Å². The van der Waals surface area contributed by atoms with Gasteiger partial charge < -0.3 is 4.74 Å². The van der Waals surface area contributed by atoms with Gasteiger partial charge >= 0.3 is 0 Å². The topological polar surface area (TPSA) is 26.3 Å². The Hall–Kier alpha value is -0.770. The minimum atomic E-state index is -2.46. The summed E-state index contributed by atoms with van der Waals surface area (Å²) in [5.41, 5.74) is 0. The standard InChI is InChI=1S/C9H14F2O2/c1-2-3-4-8(12)5-6-13-7-9(10)11/h2,9H,1,3-7H2. The average molecular weight is 192 g/mol. The molecule has 0 spiro atoms. The van der Waals surface area contributed by atoms with Gasteiger partial charge in [0.05, 0.1) is 6.61 Å². The van der Waals surface area contributed by atoms with Crippen molar-refractivity contribution < 1.29 is 18.3 Å². The van der Waals surface area contributed by atoms with Gasteiger partial charge in [-0.25, -0.2) is 8.78 Å². The van der Waals surface area contributed by atoms with Crippen molar-refractivity contribution in [2.24, 2.45) is 0 Å². The van der Waals surface area contributed by atoms with Crippen molar-refractivity contribution in [3.8, 4) is 0 Å². The normalized spacial score (nSPS) is 10.4. The molecule has 0 saturated heterocycles. The number of ether oxygens (including phenoxy) is 1. The van der Waals surface area contributed by atoms with E-state index >= 15 is 0 Å². The van der Waals surface area contributed by atoms with E-state index in [0.29, 0.717) is 12.8 Å². The molecule has 0 aromatic heterocycles. The molecule has 0 rings (SSSR count). The van der Waals surface area contributed by atoms with Crippen LogP contribution >= 0.6 is 0 Å². The second-order valence-electron chi connectivity index (χ2n) is 2.58. The second kappa shape index (κ2) is 7.86. The number of rotatable bonds is 8. The Morgan fingerprint density at radius 2 is 2.15 bits per heavy atom. The van der Waals surface area contributed by atoms with Gasteiger partial charge in [0.25, 0.3) is 6.43 Å². The molecule has 0 heterocycles. The molecule has 0 N–H and O–H groups in total. The SMILES string of the molecule is C=CCCC(=O)CCOCC(F)F. The van der Waals surface area contributed by atoms with Crippen LogP contribution in [-0.4, -0.2) is 25.4 Å². The minimum Gasteiger partial charge on any atom is -0.375 e. The summed E-state index contributed by atoms with van der Waals surface area (Å²) in [6, 6.07) is 0. The molecular formula is C9H14F2O2. The Kier molecular flexibility index (Phi) is 7.39. The Morgan fingerprint density at radius 3 is 2.69 bits per heavy atom. The summed E-state index contributed by atoms with van der Waals surface area (Å²) in [7, 11) is 0. The summed E-state index contributed by atoms with van der Waals surface area (Å²) in [6.45, 7) is 2.96. The van der Waals surface area contributed by atoms with E-state index in [1.54, 1.807) is 6.08 Å². The molecule has 0 fully saturated rings. The number of carbonyl (C=O) groups is 1. The number of Topliss-reactive ketones (excluding diaryl/α,β-unsaturated/α-hetero) is 1. The number of allylic oxidation sites excluding steroid dienone is 1. The molecular weight excluding hydrogens is 178 g/mol. The molecule has 0 aliphatic carbocycles. The monoisotopic (exact) mass is 192 g/mol. The minimum absolute atomic E-state index is 0.0224. The summed E-state index contributed by atoms with van der Waals surface area (Å²) < 4.78 is 27.6. The second-order valence-corrected chi connectivity index (χ2v) is 2.58. The Morgan fingerprint density at radius 1 is 1.46 bits per heavy atom. The van der Waals surface area contributed by atoms with Crippen LogP contribution in [0.5, 0.6) is 0 Å². The lowest BCUT2D eigenvalue weighted by atomic mass is 10.2. The van der Waals surface area contributed by atoms with Crippen LogP contribution in [0.3, 0.4) is 0 Å². The lowest BCUT2D eigenvalue weighted by Crippen LogP contribution is -2.08. The van der Waals surface area contributed by atoms with Crippen molar-refractivity contribution in [1.29, 1.82) is 0 Å². The zero-order chi connectivity index (χ0) is 10.1. The van der Waals surface area contributed by atoms with Crippen LogP contribution in [0, 0.1) is 0 Å². The number of hydrogen-bond acceptors (Lipinski definition) is 2. The van der Waals surface area contributed by atoms with Crippen LogP contribution in [0.25, 0.3) is 0 Å². The van der Waals surface area contributed by atoms with Crippen LogP contribution in [0.1, 0.15) is 19.3 Å². The summed E-state index contributed by atoms with van der Waals surface area (Å²) in [4.78, 5) is 10.9. The highest BCUT2D eigenvalue weighted by atomic mass is 19.3. The van der Waals surface area contributed by atoms with Crippen molar-refractivity contribution in [3.05, 3.63) is 12.7 Å².